The highest BCUT2D eigenvalue weighted by Gasteiger charge is 2.31. The summed E-state index contributed by atoms with van der Waals surface area (Å²) in [5.74, 6) is -0.245. The lowest BCUT2D eigenvalue weighted by Gasteiger charge is -2.32. The van der Waals surface area contributed by atoms with E-state index in [1.165, 1.54) is 0 Å². The zero-order chi connectivity index (χ0) is 22.4. The number of hydrogen-bond donors (Lipinski definition) is 1. The molecule has 166 valence electrons. The molecule has 1 fully saturated rings. The lowest BCUT2D eigenvalue weighted by molar-refractivity contribution is -0.141. The topological polar surface area (TPSA) is 49.4 Å². The standard InChI is InChI=1S/C24H27Cl3N2O2/c1-2-22(24(31)28-20-5-3-4-6-20)29(15-17-9-12-19(26)14-21(17)27)23(30)13-16-7-10-18(25)11-8-16/h7-12,14,20,22H,2-6,13,15H2,1H3,(H,28,31)/t22-/m0/s1. The summed E-state index contributed by atoms with van der Waals surface area (Å²) >= 11 is 18.4. The molecule has 2 aromatic carbocycles. The van der Waals surface area contributed by atoms with E-state index >= 15 is 0 Å². The minimum Gasteiger partial charge on any atom is -0.352 e. The first-order chi connectivity index (χ1) is 14.9. The number of nitrogens with zero attached hydrogens (tertiary/aromatic N) is 1. The fraction of sp³-hybridized carbons (Fsp3) is 0.417. The molecule has 3 rings (SSSR count). The number of carbonyl (C=O) groups excluding carboxylic acids is 2. The number of rotatable bonds is 8. The summed E-state index contributed by atoms with van der Waals surface area (Å²) in [5.41, 5.74) is 1.59. The van der Waals surface area contributed by atoms with E-state index in [9.17, 15) is 9.59 Å². The highest BCUT2D eigenvalue weighted by Crippen LogP contribution is 2.25. The first kappa shape index (κ1) is 23.9. The van der Waals surface area contributed by atoms with Crippen molar-refractivity contribution in [2.45, 2.75) is 64.1 Å². The van der Waals surface area contributed by atoms with Gasteiger partial charge in [-0.15, -0.1) is 0 Å². The van der Waals surface area contributed by atoms with E-state index in [0.717, 1.165) is 36.8 Å². The monoisotopic (exact) mass is 480 g/mol. The average Bonchev–Trinajstić information content (AvgIpc) is 3.24. The van der Waals surface area contributed by atoms with E-state index in [1.807, 2.05) is 19.1 Å². The van der Waals surface area contributed by atoms with Crippen LogP contribution in [0.25, 0.3) is 0 Å². The van der Waals surface area contributed by atoms with Crippen molar-refractivity contribution in [3.8, 4) is 0 Å². The van der Waals surface area contributed by atoms with Crippen molar-refractivity contribution in [3.63, 3.8) is 0 Å². The van der Waals surface area contributed by atoms with E-state index in [-0.39, 0.29) is 30.8 Å². The first-order valence-corrected chi connectivity index (χ1v) is 11.8. The second-order valence-electron chi connectivity index (χ2n) is 7.97. The largest absolute Gasteiger partial charge is 0.352 e. The molecule has 31 heavy (non-hydrogen) atoms. The summed E-state index contributed by atoms with van der Waals surface area (Å²) in [6.45, 7) is 2.16. The number of nitrogens with one attached hydrogen (secondary N) is 1. The number of amides is 2. The Morgan fingerprint density at radius 3 is 2.29 bits per heavy atom. The van der Waals surface area contributed by atoms with Gasteiger partial charge in [0, 0.05) is 27.7 Å². The summed E-state index contributed by atoms with van der Waals surface area (Å²) < 4.78 is 0. The van der Waals surface area contributed by atoms with Crippen LogP contribution < -0.4 is 5.32 Å². The highest BCUT2D eigenvalue weighted by atomic mass is 35.5. The van der Waals surface area contributed by atoms with Crippen LogP contribution in [0, 0.1) is 0 Å². The first-order valence-electron chi connectivity index (χ1n) is 10.7. The maximum absolute atomic E-state index is 13.4. The van der Waals surface area contributed by atoms with Crippen molar-refractivity contribution in [1.29, 1.82) is 0 Å². The van der Waals surface area contributed by atoms with E-state index in [0.29, 0.717) is 21.5 Å². The molecule has 0 spiro atoms. The van der Waals surface area contributed by atoms with Gasteiger partial charge in [0.25, 0.3) is 0 Å². The highest BCUT2D eigenvalue weighted by molar-refractivity contribution is 6.35. The van der Waals surface area contributed by atoms with E-state index in [1.54, 1.807) is 35.2 Å². The average molecular weight is 482 g/mol. The van der Waals surface area contributed by atoms with Gasteiger partial charge in [0.05, 0.1) is 6.42 Å². The lowest BCUT2D eigenvalue weighted by Crippen LogP contribution is -2.51. The fourth-order valence-electron chi connectivity index (χ4n) is 4.00. The van der Waals surface area contributed by atoms with E-state index in [2.05, 4.69) is 5.32 Å². The SMILES string of the molecule is CC[C@@H](C(=O)NC1CCCC1)N(Cc1ccc(Cl)cc1Cl)C(=O)Cc1ccc(Cl)cc1. The number of benzene rings is 2. The molecule has 0 saturated heterocycles. The summed E-state index contributed by atoms with van der Waals surface area (Å²) in [5, 5.41) is 4.76. The molecule has 2 aromatic rings. The molecule has 1 atom stereocenters. The maximum Gasteiger partial charge on any atom is 0.243 e. The Bertz CT molecular complexity index is 912. The fourth-order valence-corrected chi connectivity index (χ4v) is 4.59. The van der Waals surface area contributed by atoms with Gasteiger partial charge in [-0.25, -0.2) is 0 Å². The van der Waals surface area contributed by atoms with Crippen molar-refractivity contribution in [2.24, 2.45) is 0 Å². The maximum atomic E-state index is 13.4. The molecule has 1 N–H and O–H groups in total. The molecule has 1 saturated carbocycles. The molecule has 0 radical (unpaired) electrons. The van der Waals surface area contributed by atoms with Gasteiger partial charge in [-0.1, -0.05) is 72.8 Å². The van der Waals surface area contributed by atoms with Crippen LogP contribution in [0.2, 0.25) is 15.1 Å². The minimum absolute atomic E-state index is 0.107. The Labute approximate surface area is 198 Å². The molecule has 1 aliphatic rings. The molecule has 0 bridgehead atoms. The number of halogens is 3. The molecular formula is C24H27Cl3N2O2. The molecule has 0 heterocycles. The van der Waals surface area contributed by atoms with Crippen LogP contribution in [0.5, 0.6) is 0 Å². The van der Waals surface area contributed by atoms with Crippen molar-refractivity contribution >= 4 is 46.6 Å². The molecule has 0 aliphatic heterocycles. The van der Waals surface area contributed by atoms with Crippen LogP contribution in [0.15, 0.2) is 42.5 Å². The summed E-state index contributed by atoms with van der Waals surface area (Å²) in [4.78, 5) is 28.1. The van der Waals surface area contributed by atoms with Gasteiger partial charge in [-0.05, 0) is 54.7 Å². The Balaban J connectivity index is 1.84. The van der Waals surface area contributed by atoms with Gasteiger partial charge in [-0.2, -0.15) is 0 Å². The van der Waals surface area contributed by atoms with Crippen LogP contribution in [-0.4, -0.2) is 28.8 Å². The molecule has 0 unspecified atom stereocenters. The zero-order valence-corrected chi connectivity index (χ0v) is 19.8. The van der Waals surface area contributed by atoms with E-state index in [4.69, 9.17) is 34.8 Å². The van der Waals surface area contributed by atoms with Crippen molar-refractivity contribution in [2.75, 3.05) is 0 Å². The van der Waals surface area contributed by atoms with Gasteiger partial charge < -0.3 is 10.2 Å². The normalized spacial score (nSPS) is 15.0. The predicted octanol–water partition coefficient (Wildman–Crippen LogP) is 6.06. The van der Waals surface area contributed by atoms with Crippen LogP contribution >= 0.6 is 34.8 Å². The zero-order valence-electron chi connectivity index (χ0n) is 17.5. The van der Waals surface area contributed by atoms with Crippen LogP contribution in [0.4, 0.5) is 0 Å². The Hall–Kier alpha value is -1.75. The Kier molecular flexibility index (Phi) is 8.65. The van der Waals surface area contributed by atoms with Gasteiger partial charge >= 0.3 is 0 Å². The molecule has 2 amide bonds. The minimum atomic E-state index is -0.577. The van der Waals surface area contributed by atoms with Gasteiger partial charge in [0.15, 0.2) is 0 Å². The molecule has 1 aliphatic carbocycles. The summed E-state index contributed by atoms with van der Waals surface area (Å²) in [6, 6.07) is 12.0. The Morgan fingerprint density at radius 2 is 1.68 bits per heavy atom. The Morgan fingerprint density at radius 1 is 1.03 bits per heavy atom. The lowest BCUT2D eigenvalue weighted by atomic mass is 10.1. The molecular weight excluding hydrogens is 455 g/mol. The molecule has 4 nitrogen and oxygen atoms in total. The molecule has 7 heteroatoms. The van der Waals surface area contributed by atoms with Gasteiger partial charge in [-0.3, -0.25) is 9.59 Å². The smallest absolute Gasteiger partial charge is 0.243 e. The third-order valence-corrected chi connectivity index (χ3v) is 6.55. The summed E-state index contributed by atoms with van der Waals surface area (Å²) in [7, 11) is 0. The second-order valence-corrected chi connectivity index (χ2v) is 9.25. The predicted molar refractivity (Wildman–Crippen MR) is 127 cm³/mol. The molecule has 0 aromatic heterocycles. The van der Waals surface area contributed by atoms with Crippen LogP contribution in [-0.2, 0) is 22.6 Å². The van der Waals surface area contributed by atoms with Crippen LogP contribution in [0.1, 0.15) is 50.2 Å². The number of hydrogen-bond acceptors (Lipinski definition) is 2. The quantitative estimate of drug-likeness (QED) is 0.498. The third-order valence-electron chi connectivity index (χ3n) is 5.71. The van der Waals surface area contributed by atoms with Crippen molar-refractivity contribution < 1.29 is 9.59 Å². The third kappa shape index (κ3) is 6.61. The second kappa shape index (κ2) is 11.2. The summed E-state index contributed by atoms with van der Waals surface area (Å²) in [6.07, 6.45) is 4.92. The van der Waals surface area contributed by atoms with Gasteiger partial charge in [0.2, 0.25) is 11.8 Å². The van der Waals surface area contributed by atoms with Crippen molar-refractivity contribution in [3.05, 3.63) is 68.7 Å². The van der Waals surface area contributed by atoms with Gasteiger partial charge in [0.1, 0.15) is 6.04 Å². The number of carbonyl (C=O) groups is 2. The van der Waals surface area contributed by atoms with E-state index < -0.39 is 6.04 Å². The van der Waals surface area contributed by atoms with Crippen molar-refractivity contribution in [1.82, 2.24) is 10.2 Å². The van der Waals surface area contributed by atoms with Crippen LogP contribution in [0.3, 0.4) is 0 Å².